The molecule has 2 aliphatic rings. The lowest BCUT2D eigenvalue weighted by molar-refractivity contribution is 0.0921. The number of para-hydroxylation sites is 2. The van der Waals surface area contributed by atoms with Crippen molar-refractivity contribution in [3.63, 3.8) is 0 Å². The molecule has 4 aromatic rings. The van der Waals surface area contributed by atoms with Crippen LogP contribution in [0.1, 0.15) is 66.8 Å². The zero-order valence-corrected chi connectivity index (χ0v) is 20.9. The van der Waals surface area contributed by atoms with Crippen LogP contribution in [0, 0.1) is 5.92 Å². The van der Waals surface area contributed by atoms with Crippen LogP contribution in [0.25, 0.3) is 21.9 Å². The predicted octanol–water partition coefficient (Wildman–Crippen LogP) is 6.54. The lowest BCUT2D eigenvalue weighted by atomic mass is 9.83. The van der Waals surface area contributed by atoms with Gasteiger partial charge in [-0.2, -0.15) is 0 Å². The molecule has 6 rings (SSSR count). The standard InChI is InChI=1S/C31H35N3O2/c35-31(27-13-17-32-29-7-3-1-5-25(27)29)33-24-11-9-22(10-12-24)14-18-34-19-15-23(16-20-34)28-21-36-30-8-4-2-6-26(28)30/h1-8,13,17,21-24H,9-12,14-16,18-20H2,(H,33,35)/t22-,24-. The van der Waals surface area contributed by atoms with E-state index < -0.39 is 0 Å². The Morgan fingerprint density at radius 1 is 0.917 bits per heavy atom. The van der Waals surface area contributed by atoms with Crippen molar-refractivity contribution in [2.24, 2.45) is 5.92 Å². The third kappa shape index (κ3) is 4.90. The monoisotopic (exact) mass is 481 g/mol. The second-order valence-corrected chi connectivity index (χ2v) is 10.7. The molecular formula is C31H35N3O2. The summed E-state index contributed by atoms with van der Waals surface area (Å²) >= 11 is 0. The minimum absolute atomic E-state index is 0.0327. The number of carbonyl (C=O) groups is 1. The van der Waals surface area contributed by atoms with Gasteiger partial charge >= 0.3 is 0 Å². The number of furan rings is 1. The zero-order valence-electron chi connectivity index (χ0n) is 20.9. The number of nitrogens with one attached hydrogen (secondary N) is 1. The number of fused-ring (bicyclic) bond motifs is 2. The maximum Gasteiger partial charge on any atom is 0.252 e. The average molecular weight is 482 g/mol. The van der Waals surface area contributed by atoms with Crippen LogP contribution in [0.2, 0.25) is 0 Å². The molecule has 1 N–H and O–H groups in total. The molecule has 1 aliphatic heterocycles. The molecule has 36 heavy (non-hydrogen) atoms. The molecule has 0 atom stereocenters. The van der Waals surface area contributed by atoms with E-state index in [1.54, 1.807) is 6.20 Å². The Morgan fingerprint density at radius 3 is 2.50 bits per heavy atom. The van der Waals surface area contributed by atoms with E-state index in [4.69, 9.17) is 4.42 Å². The van der Waals surface area contributed by atoms with Crippen LogP contribution in [-0.4, -0.2) is 41.5 Å². The van der Waals surface area contributed by atoms with Gasteiger partial charge in [-0.15, -0.1) is 0 Å². The first-order valence-electron chi connectivity index (χ1n) is 13.6. The fourth-order valence-corrected chi connectivity index (χ4v) is 6.30. The second-order valence-electron chi connectivity index (χ2n) is 10.7. The van der Waals surface area contributed by atoms with Gasteiger partial charge in [0.25, 0.3) is 5.91 Å². The summed E-state index contributed by atoms with van der Waals surface area (Å²) in [5.41, 5.74) is 4.01. The van der Waals surface area contributed by atoms with Crippen molar-refractivity contribution in [2.75, 3.05) is 19.6 Å². The number of carbonyl (C=O) groups excluding carboxylic acids is 1. The fourth-order valence-electron chi connectivity index (χ4n) is 6.30. The summed E-state index contributed by atoms with van der Waals surface area (Å²) in [5.74, 6) is 1.42. The predicted molar refractivity (Wildman–Crippen MR) is 144 cm³/mol. The van der Waals surface area contributed by atoms with Gasteiger partial charge in [0.1, 0.15) is 5.58 Å². The van der Waals surface area contributed by atoms with Crippen LogP contribution in [-0.2, 0) is 0 Å². The molecule has 2 fully saturated rings. The number of hydrogen-bond donors (Lipinski definition) is 1. The Labute approximate surface area is 212 Å². The topological polar surface area (TPSA) is 58.4 Å². The summed E-state index contributed by atoms with van der Waals surface area (Å²) in [6.45, 7) is 3.55. The number of piperidine rings is 1. The van der Waals surface area contributed by atoms with E-state index in [-0.39, 0.29) is 11.9 Å². The Kier molecular flexibility index (Phi) is 6.73. The molecule has 0 unspecified atom stereocenters. The first-order chi connectivity index (χ1) is 17.7. The Morgan fingerprint density at radius 2 is 1.67 bits per heavy atom. The summed E-state index contributed by atoms with van der Waals surface area (Å²) in [5, 5.41) is 5.51. The highest BCUT2D eigenvalue weighted by Crippen LogP contribution is 2.35. The van der Waals surface area contributed by atoms with E-state index in [2.05, 4.69) is 33.4 Å². The van der Waals surface area contributed by atoms with Gasteiger partial charge in [0.15, 0.2) is 0 Å². The lowest BCUT2D eigenvalue weighted by Gasteiger charge is -2.34. The van der Waals surface area contributed by atoms with Crippen LogP contribution >= 0.6 is 0 Å². The van der Waals surface area contributed by atoms with Crippen molar-refractivity contribution in [2.45, 2.75) is 56.9 Å². The van der Waals surface area contributed by atoms with E-state index in [1.807, 2.05) is 42.7 Å². The molecule has 1 saturated carbocycles. The average Bonchev–Trinajstić information content (AvgIpc) is 3.37. The number of hydrogen-bond acceptors (Lipinski definition) is 4. The minimum atomic E-state index is 0.0327. The van der Waals surface area contributed by atoms with Gasteiger partial charge in [-0.05, 0) is 94.6 Å². The molecular weight excluding hydrogens is 446 g/mol. The number of nitrogens with zero attached hydrogens (tertiary/aromatic N) is 2. The van der Waals surface area contributed by atoms with Crippen LogP contribution in [0.3, 0.4) is 0 Å². The van der Waals surface area contributed by atoms with Crippen molar-refractivity contribution in [1.82, 2.24) is 15.2 Å². The van der Waals surface area contributed by atoms with Crippen LogP contribution in [0.4, 0.5) is 0 Å². The molecule has 5 nitrogen and oxygen atoms in total. The number of likely N-dealkylation sites (tertiary alicyclic amines) is 1. The minimum Gasteiger partial charge on any atom is -0.464 e. The Balaban J connectivity index is 0.946. The fraction of sp³-hybridized carbons (Fsp3) is 0.419. The maximum absolute atomic E-state index is 13.0. The van der Waals surface area contributed by atoms with Gasteiger partial charge in [-0.1, -0.05) is 36.4 Å². The van der Waals surface area contributed by atoms with E-state index >= 15 is 0 Å². The van der Waals surface area contributed by atoms with Crippen molar-refractivity contribution in [3.05, 3.63) is 78.2 Å². The first-order valence-corrected chi connectivity index (χ1v) is 13.6. The molecule has 186 valence electrons. The Bertz CT molecular complexity index is 1320. The summed E-state index contributed by atoms with van der Waals surface area (Å²) in [7, 11) is 0. The summed E-state index contributed by atoms with van der Waals surface area (Å²) in [4.78, 5) is 20.0. The van der Waals surface area contributed by atoms with Crippen molar-refractivity contribution >= 4 is 27.8 Å². The smallest absolute Gasteiger partial charge is 0.252 e. The molecule has 1 aliphatic carbocycles. The summed E-state index contributed by atoms with van der Waals surface area (Å²) in [6.07, 6.45) is 12.0. The number of amides is 1. The molecule has 5 heteroatoms. The van der Waals surface area contributed by atoms with E-state index in [9.17, 15) is 4.79 Å². The van der Waals surface area contributed by atoms with Crippen molar-refractivity contribution in [3.8, 4) is 0 Å². The molecule has 0 bridgehead atoms. The van der Waals surface area contributed by atoms with Gasteiger partial charge in [-0.3, -0.25) is 9.78 Å². The SMILES string of the molecule is O=C(N[C@H]1CC[C@H](CCN2CCC(c3coc4ccccc34)CC2)CC1)c1ccnc2ccccc12. The van der Waals surface area contributed by atoms with Gasteiger partial charge in [0.2, 0.25) is 0 Å². The molecule has 0 radical (unpaired) electrons. The highest BCUT2D eigenvalue weighted by Gasteiger charge is 2.26. The van der Waals surface area contributed by atoms with Crippen LogP contribution in [0.15, 0.2) is 71.5 Å². The molecule has 0 spiro atoms. The van der Waals surface area contributed by atoms with Gasteiger partial charge < -0.3 is 14.6 Å². The quantitative estimate of drug-likeness (QED) is 0.340. The van der Waals surface area contributed by atoms with Crippen molar-refractivity contribution in [1.29, 1.82) is 0 Å². The number of pyridine rings is 1. The van der Waals surface area contributed by atoms with Gasteiger partial charge in [0.05, 0.1) is 17.3 Å². The molecule has 1 amide bonds. The number of aromatic nitrogens is 1. The molecule has 1 saturated heterocycles. The highest BCUT2D eigenvalue weighted by molar-refractivity contribution is 6.06. The molecule has 3 heterocycles. The van der Waals surface area contributed by atoms with E-state index in [1.165, 1.54) is 62.7 Å². The zero-order chi connectivity index (χ0) is 24.3. The molecule has 2 aromatic heterocycles. The summed E-state index contributed by atoms with van der Waals surface area (Å²) < 4.78 is 5.79. The van der Waals surface area contributed by atoms with E-state index in [0.29, 0.717) is 5.92 Å². The normalized spacial score (nSPS) is 21.7. The highest BCUT2D eigenvalue weighted by atomic mass is 16.3. The van der Waals surface area contributed by atoms with Crippen molar-refractivity contribution < 1.29 is 9.21 Å². The Hall–Kier alpha value is -3.18. The molecule has 2 aromatic carbocycles. The lowest BCUT2D eigenvalue weighted by Crippen LogP contribution is -2.38. The maximum atomic E-state index is 13.0. The number of benzene rings is 2. The van der Waals surface area contributed by atoms with Crippen LogP contribution in [0.5, 0.6) is 0 Å². The second kappa shape index (κ2) is 10.4. The third-order valence-electron chi connectivity index (χ3n) is 8.47. The summed E-state index contributed by atoms with van der Waals surface area (Å²) in [6, 6.07) is 18.4. The van der Waals surface area contributed by atoms with Crippen LogP contribution < -0.4 is 5.32 Å². The largest absolute Gasteiger partial charge is 0.464 e. The third-order valence-corrected chi connectivity index (χ3v) is 8.47. The first kappa shape index (κ1) is 23.2. The van der Waals surface area contributed by atoms with E-state index in [0.717, 1.165) is 40.8 Å². The number of rotatable bonds is 6. The van der Waals surface area contributed by atoms with Gasteiger partial charge in [0, 0.05) is 28.6 Å². The van der Waals surface area contributed by atoms with Gasteiger partial charge in [-0.25, -0.2) is 0 Å².